The number of anilines is 1. The van der Waals surface area contributed by atoms with E-state index in [2.05, 4.69) is 16.2 Å². The minimum atomic E-state index is 0.256. The molecule has 0 aliphatic rings. The molecule has 0 atom stereocenters. The number of rotatable bonds is 1. The standard InChI is InChI=1S/C13H9N5/c14-7-9-1-3-10(4-2-9)11-5-6-12-16-13(15)17-18(12)8-11/h1-6,8H,(H2,15,17). The van der Waals surface area contributed by atoms with Gasteiger partial charge in [0.2, 0.25) is 5.95 Å². The Bertz CT molecular complexity index is 749. The summed E-state index contributed by atoms with van der Waals surface area (Å²) in [6, 6.07) is 13.3. The van der Waals surface area contributed by atoms with E-state index in [0.29, 0.717) is 11.2 Å². The normalized spacial score (nSPS) is 10.4. The summed E-state index contributed by atoms with van der Waals surface area (Å²) < 4.78 is 1.64. The number of nitrogen functional groups attached to an aromatic ring is 1. The largest absolute Gasteiger partial charge is 0.366 e. The monoisotopic (exact) mass is 235 g/mol. The first-order valence-corrected chi connectivity index (χ1v) is 5.39. The lowest BCUT2D eigenvalue weighted by atomic mass is 10.1. The van der Waals surface area contributed by atoms with Crippen LogP contribution in [0.25, 0.3) is 16.8 Å². The van der Waals surface area contributed by atoms with E-state index in [9.17, 15) is 0 Å². The van der Waals surface area contributed by atoms with Crippen molar-refractivity contribution in [3.05, 3.63) is 48.2 Å². The van der Waals surface area contributed by atoms with Gasteiger partial charge in [0, 0.05) is 11.8 Å². The van der Waals surface area contributed by atoms with Crippen LogP contribution in [0.5, 0.6) is 0 Å². The van der Waals surface area contributed by atoms with E-state index in [-0.39, 0.29) is 5.95 Å². The molecular formula is C13H9N5. The fourth-order valence-electron chi connectivity index (χ4n) is 1.81. The molecule has 1 aromatic carbocycles. The molecule has 18 heavy (non-hydrogen) atoms. The smallest absolute Gasteiger partial charge is 0.240 e. The number of fused-ring (bicyclic) bond motifs is 1. The minimum Gasteiger partial charge on any atom is -0.366 e. The second kappa shape index (κ2) is 3.86. The van der Waals surface area contributed by atoms with E-state index >= 15 is 0 Å². The number of hydrogen-bond donors (Lipinski definition) is 1. The first kappa shape index (κ1) is 10.3. The maximum absolute atomic E-state index is 8.76. The van der Waals surface area contributed by atoms with Crippen molar-refractivity contribution in [1.29, 1.82) is 5.26 Å². The summed E-state index contributed by atoms with van der Waals surface area (Å²) in [4.78, 5) is 4.06. The molecular weight excluding hydrogens is 226 g/mol. The van der Waals surface area contributed by atoms with Crippen molar-refractivity contribution < 1.29 is 0 Å². The lowest BCUT2D eigenvalue weighted by Gasteiger charge is -2.01. The van der Waals surface area contributed by atoms with E-state index in [1.165, 1.54) is 0 Å². The quantitative estimate of drug-likeness (QED) is 0.698. The van der Waals surface area contributed by atoms with Gasteiger partial charge in [-0.1, -0.05) is 12.1 Å². The predicted octanol–water partition coefficient (Wildman–Crippen LogP) is 1.85. The van der Waals surface area contributed by atoms with E-state index in [0.717, 1.165) is 11.1 Å². The van der Waals surface area contributed by atoms with Crippen molar-refractivity contribution in [2.24, 2.45) is 0 Å². The van der Waals surface area contributed by atoms with Gasteiger partial charge in [-0.25, -0.2) is 4.52 Å². The number of hydrogen-bond acceptors (Lipinski definition) is 4. The average Bonchev–Trinajstić information content (AvgIpc) is 2.78. The number of pyridine rings is 1. The molecule has 2 aromatic heterocycles. The van der Waals surface area contributed by atoms with Crippen LogP contribution in [0.4, 0.5) is 5.95 Å². The Morgan fingerprint density at radius 2 is 1.78 bits per heavy atom. The maximum Gasteiger partial charge on any atom is 0.240 e. The molecule has 0 radical (unpaired) electrons. The van der Waals surface area contributed by atoms with Crippen LogP contribution in [0.1, 0.15) is 5.56 Å². The summed E-state index contributed by atoms with van der Waals surface area (Å²) >= 11 is 0. The number of aromatic nitrogens is 3. The Balaban J connectivity index is 2.10. The third kappa shape index (κ3) is 1.66. The molecule has 0 fully saturated rings. The lowest BCUT2D eigenvalue weighted by Crippen LogP contribution is -1.90. The van der Waals surface area contributed by atoms with E-state index in [1.807, 2.05) is 30.5 Å². The molecule has 5 heteroatoms. The van der Waals surface area contributed by atoms with Crippen LogP contribution in [-0.2, 0) is 0 Å². The second-order valence-corrected chi connectivity index (χ2v) is 3.88. The molecule has 0 saturated carbocycles. The molecule has 0 aliphatic carbocycles. The fraction of sp³-hybridized carbons (Fsp3) is 0. The molecule has 0 unspecified atom stereocenters. The number of nitrogens with two attached hydrogens (primary N) is 1. The van der Waals surface area contributed by atoms with Crippen LogP contribution < -0.4 is 5.73 Å². The molecule has 0 amide bonds. The van der Waals surface area contributed by atoms with Crippen LogP contribution >= 0.6 is 0 Å². The molecule has 3 rings (SSSR count). The third-order valence-corrected chi connectivity index (χ3v) is 2.69. The molecule has 3 aromatic rings. The molecule has 2 heterocycles. The minimum absolute atomic E-state index is 0.256. The number of benzene rings is 1. The number of nitriles is 1. The Morgan fingerprint density at radius 3 is 2.50 bits per heavy atom. The van der Waals surface area contributed by atoms with Crippen LogP contribution in [0.2, 0.25) is 0 Å². The summed E-state index contributed by atoms with van der Waals surface area (Å²) in [6.45, 7) is 0. The zero-order chi connectivity index (χ0) is 12.5. The van der Waals surface area contributed by atoms with Crippen molar-refractivity contribution in [2.75, 3.05) is 5.73 Å². The van der Waals surface area contributed by atoms with E-state index in [4.69, 9.17) is 11.0 Å². The lowest BCUT2D eigenvalue weighted by molar-refractivity contribution is 0.969. The molecule has 86 valence electrons. The van der Waals surface area contributed by atoms with Gasteiger partial charge < -0.3 is 5.73 Å². The first-order chi connectivity index (χ1) is 8.76. The maximum atomic E-state index is 8.76. The summed E-state index contributed by atoms with van der Waals surface area (Å²) in [6.07, 6.45) is 1.86. The summed E-state index contributed by atoms with van der Waals surface area (Å²) in [5, 5.41) is 12.8. The van der Waals surface area contributed by atoms with Gasteiger partial charge in [-0.15, -0.1) is 5.10 Å². The Hall–Kier alpha value is -2.87. The fourth-order valence-corrected chi connectivity index (χ4v) is 1.81. The van der Waals surface area contributed by atoms with E-state index in [1.54, 1.807) is 16.6 Å². The van der Waals surface area contributed by atoms with Crippen LogP contribution in [0, 0.1) is 11.3 Å². The summed E-state index contributed by atoms with van der Waals surface area (Å²) in [5.74, 6) is 0.256. The van der Waals surface area contributed by atoms with Crippen LogP contribution in [0.3, 0.4) is 0 Å². The molecule has 0 saturated heterocycles. The van der Waals surface area contributed by atoms with Crippen molar-refractivity contribution in [2.45, 2.75) is 0 Å². The Labute approximate surface area is 103 Å². The van der Waals surface area contributed by atoms with Crippen LogP contribution in [-0.4, -0.2) is 14.6 Å². The molecule has 5 nitrogen and oxygen atoms in total. The third-order valence-electron chi connectivity index (χ3n) is 2.69. The van der Waals surface area contributed by atoms with Gasteiger partial charge in [-0.05, 0) is 29.8 Å². The van der Waals surface area contributed by atoms with Crippen molar-refractivity contribution in [3.63, 3.8) is 0 Å². The second-order valence-electron chi connectivity index (χ2n) is 3.88. The highest BCUT2D eigenvalue weighted by atomic mass is 15.3. The van der Waals surface area contributed by atoms with E-state index < -0.39 is 0 Å². The topological polar surface area (TPSA) is 80.0 Å². The summed E-state index contributed by atoms with van der Waals surface area (Å²) in [7, 11) is 0. The van der Waals surface area contributed by atoms with Gasteiger partial charge in [-0.2, -0.15) is 10.2 Å². The van der Waals surface area contributed by atoms with Gasteiger partial charge in [0.15, 0.2) is 5.65 Å². The zero-order valence-electron chi connectivity index (χ0n) is 9.41. The van der Waals surface area contributed by atoms with Gasteiger partial charge >= 0.3 is 0 Å². The van der Waals surface area contributed by atoms with Crippen molar-refractivity contribution in [3.8, 4) is 17.2 Å². The van der Waals surface area contributed by atoms with Crippen LogP contribution in [0.15, 0.2) is 42.6 Å². The molecule has 0 bridgehead atoms. The molecule has 0 spiro atoms. The highest BCUT2D eigenvalue weighted by Gasteiger charge is 2.03. The SMILES string of the molecule is N#Cc1ccc(-c2ccc3nc(N)nn3c2)cc1. The highest BCUT2D eigenvalue weighted by molar-refractivity contribution is 5.65. The molecule has 0 aliphatic heterocycles. The van der Waals surface area contributed by atoms with Gasteiger partial charge in [0.25, 0.3) is 0 Å². The Morgan fingerprint density at radius 1 is 1.06 bits per heavy atom. The van der Waals surface area contributed by atoms with Crippen molar-refractivity contribution >= 4 is 11.6 Å². The van der Waals surface area contributed by atoms with Crippen molar-refractivity contribution in [1.82, 2.24) is 14.6 Å². The molecule has 2 N–H and O–H groups in total. The number of nitrogens with zero attached hydrogens (tertiary/aromatic N) is 4. The summed E-state index contributed by atoms with van der Waals surface area (Å²) in [5.41, 5.74) is 8.91. The Kier molecular flexibility index (Phi) is 2.21. The predicted molar refractivity (Wildman–Crippen MR) is 67.6 cm³/mol. The van der Waals surface area contributed by atoms with Gasteiger partial charge in [-0.3, -0.25) is 0 Å². The first-order valence-electron chi connectivity index (χ1n) is 5.39. The zero-order valence-corrected chi connectivity index (χ0v) is 9.41. The highest BCUT2D eigenvalue weighted by Crippen LogP contribution is 2.20. The van der Waals surface area contributed by atoms with Gasteiger partial charge in [0.05, 0.1) is 11.6 Å². The average molecular weight is 235 g/mol. The van der Waals surface area contributed by atoms with Gasteiger partial charge in [0.1, 0.15) is 0 Å².